The second-order valence-corrected chi connectivity index (χ2v) is 5.34. The molecular weight excluding hydrogens is 216 g/mol. The average molecular weight is 244 g/mol. The van der Waals surface area contributed by atoms with E-state index in [9.17, 15) is 0 Å². The van der Waals surface area contributed by atoms with Crippen LogP contribution in [0, 0.1) is 11.8 Å². The number of methoxy groups -OCH3 is 1. The lowest BCUT2D eigenvalue weighted by atomic mass is 10.0. The Morgan fingerprint density at radius 2 is 2.18 bits per heavy atom. The van der Waals surface area contributed by atoms with Crippen molar-refractivity contribution in [2.45, 2.75) is 19.9 Å². The highest BCUT2D eigenvalue weighted by atomic mass is 16.5. The topological polar surface area (TPSA) is 33.7 Å². The number of nitrogens with zero attached hydrogens (tertiary/aromatic N) is 1. The number of hydrogen-bond donors (Lipinski definition) is 1. The maximum absolute atomic E-state index is 5.55. The monoisotopic (exact) mass is 244 g/mol. The highest BCUT2D eigenvalue weighted by Gasteiger charge is 2.28. The fraction of sp³-hybridized carbons (Fsp3) is 1.00. The Morgan fingerprint density at radius 1 is 1.41 bits per heavy atom. The summed E-state index contributed by atoms with van der Waals surface area (Å²) in [5.41, 5.74) is 0. The van der Waals surface area contributed by atoms with E-state index in [-0.39, 0.29) is 0 Å². The van der Waals surface area contributed by atoms with Gasteiger partial charge in [0, 0.05) is 38.7 Å². The Morgan fingerprint density at radius 3 is 2.76 bits per heavy atom. The molecule has 0 spiro atoms. The summed E-state index contributed by atoms with van der Waals surface area (Å²) in [5.74, 6) is 1.30. The van der Waals surface area contributed by atoms with Crippen molar-refractivity contribution in [1.29, 1.82) is 0 Å². The summed E-state index contributed by atoms with van der Waals surface area (Å²) in [6.45, 7) is 10.3. The minimum atomic E-state index is 0.507. The van der Waals surface area contributed by atoms with E-state index in [1.54, 1.807) is 7.11 Å². The van der Waals surface area contributed by atoms with Gasteiger partial charge in [0.2, 0.25) is 0 Å². The van der Waals surface area contributed by atoms with Crippen molar-refractivity contribution in [3.63, 3.8) is 0 Å². The molecule has 4 heteroatoms. The van der Waals surface area contributed by atoms with Crippen LogP contribution in [-0.4, -0.2) is 64.6 Å². The molecule has 1 saturated heterocycles. The van der Waals surface area contributed by atoms with Gasteiger partial charge in [-0.15, -0.1) is 0 Å². The molecule has 17 heavy (non-hydrogen) atoms. The number of rotatable bonds is 8. The summed E-state index contributed by atoms with van der Waals surface area (Å²) >= 11 is 0. The molecule has 0 aliphatic carbocycles. The van der Waals surface area contributed by atoms with Crippen LogP contribution in [0.25, 0.3) is 0 Å². The van der Waals surface area contributed by atoms with E-state index in [1.165, 1.54) is 0 Å². The Balaban J connectivity index is 2.40. The van der Waals surface area contributed by atoms with Crippen LogP contribution < -0.4 is 5.32 Å². The van der Waals surface area contributed by atoms with Gasteiger partial charge in [-0.1, -0.05) is 13.8 Å². The van der Waals surface area contributed by atoms with Crippen molar-refractivity contribution < 1.29 is 9.47 Å². The van der Waals surface area contributed by atoms with E-state index in [0.29, 0.717) is 17.9 Å². The minimum Gasteiger partial charge on any atom is -0.383 e. The third-order valence-corrected chi connectivity index (χ3v) is 3.30. The molecule has 0 aromatic carbocycles. The van der Waals surface area contributed by atoms with E-state index >= 15 is 0 Å². The van der Waals surface area contributed by atoms with Crippen molar-refractivity contribution in [3.05, 3.63) is 0 Å². The van der Waals surface area contributed by atoms with Crippen molar-refractivity contribution in [3.8, 4) is 0 Å². The van der Waals surface area contributed by atoms with Gasteiger partial charge in [0.25, 0.3) is 0 Å². The molecule has 4 nitrogen and oxygen atoms in total. The van der Waals surface area contributed by atoms with Gasteiger partial charge < -0.3 is 19.7 Å². The van der Waals surface area contributed by atoms with Gasteiger partial charge in [0.05, 0.1) is 19.8 Å². The molecule has 1 aliphatic heterocycles. The third kappa shape index (κ3) is 5.34. The summed E-state index contributed by atoms with van der Waals surface area (Å²) < 4.78 is 10.7. The molecule has 1 aliphatic rings. The summed E-state index contributed by atoms with van der Waals surface area (Å²) in [5, 5.41) is 3.35. The summed E-state index contributed by atoms with van der Waals surface area (Å²) in [6.07, 6.45) is 0. The van der Waals surface area contributed by atoms with E-state index in [4.69, 9.17) is 9.47 Å². The molecule has 0 bridgehead atoms. The van der Waals surface area contributed by atoms with Crippen LogP contribution in [0.15, 0.2) is 0 Å². The maximum atomic E-state index is 5.55. The number of hydrogen-bond acceptors (Lipinski definition) is 4. The Hall–Kier alpha value is -0.160. The molecule has 0 radical (unpaired) electrons. The highest BCUT2D eigenvalue weighted by molar-refractivity contribution is 4.82. The number of nitrogens with one attached hydrogen (secondary N) is 1. The normalized spacial score (nSPS) is 25.1. The fourth-order valence-corrected chi connectivity index (χ4v) is 2.42. The minimum absolute atomic E-state index is 0.507. The zero-order valence-electron chi connectivity index (χ0n) is 11.7. The van der Waals surface area contributed by atoms with Crippen LogP contribution >= 0.6 is 0 Å². The van der Waals surface area contributed by atoms with E-state index in [1.807, 2.05) is 7.05 Å². The molecular formula is C13H28N2O2. The second-order valence-electron chi connectivity index (χ2n) is 5.34. The number of ether oxygens (including phenoxy) is 2. The van der Waals surface area contributed by atoms with Crippen LogP contribution in [0.4, 0.5) is 0 Å². The molecule has 2 unspecified atom stereocenters. The first kappa shape index (κ1) is 14.9. The second kappa shape index (κ2) is 8.03. The number of likely N-dealkylation sites (N-methyl/N-ethyl adjacent to an activating group) is 1. The standard InChI is InChI=1S/C13H28N2O2/c1-11(2)7-15(5-6-16-4)8-12-9-17-10-13(12)14-3/h11-14H,5-10H2,1-4H3. The first-order valence-corrected chi connectivity index (χ1v) is 6.63. The van der Waals surface area contributed by atoms with Gasteiger partial charge in [0.15, 0.2) is 0 Å². The zero-order valence-corrected chi connectivity index (χ0v) is 11.7. The fourth-order valence-electron chi connectivity index (χ4n) is 2.42. The SMILES string of the molecule is CNC1COCC1CN(CCOC)CC(C)C. The summed E-state index contributed by atoms with van der Waals surface area (Å²) in [6, 6.07) is 0.507. The van der Waals surface area contributed by atoms with Crippen molar-refractivity contribution in [2.75, 3.05) is 53.6 Å². The lowest BCUT2D eigenvalue weighted by Gasteiger charge is -2.28. The average Bonchev–Trinajstić information content (AvgIpc) is 2.72. The van der Waals surface area contributed by atoms with Crippen molar-refractivity contribution in [2.24, 2.45) is 11.8 Å². The maximum Gasteiger partial charge on any atom is 0.0623 e. The van der Waals surface area contributed by atoms with Gasteiger partial charge in [-0.25, -0.2) is 0 Å². The predicted molar refractivity (Wildman–Crippen MR) is 70.3 cm³/mol. The molecule has 0 saturated carbocycles. The lowest BCUT2D eigenvalue weighted by molar-refractivity contribution is 0.119. The molecule has 2 atom stereocenters. The lowest BCUT2D eigenvalue weighted by Crippen LogP contribution is -2.42. The van der Waals surface area contributed by atoms with Crippen LogP contribution in [0.3, 0.4) is 0 Å². The van der Waals surface area contributed by atoms with Gasteiger partial charge >= 0.3 is 0 Å². The molecule has 0 amide bonds. The highest BCUT2D eigenvalue weighted by Crippen LogP contribution is 2.15. The van der Waals surface area contributed by atoms with Gasteiger partial charge in [-0.05, 0) is 13.0 Å². The smallest absolute Gasteiger partial charge is 0.0623 e. The van der Waals surface area contributed by atoms with Crippen molar-refractivity contribution >= 4 is 0 Å². The quantitative estimate of drug-likeness (QED) is 0.685. The van der Waals surface area contributed by atoms with Gasteiger partial charge in [0.1, 0.15) is 0 Å². The third-order valence-electron chi connectivity index (χ3n) is 3.30. The first-order valence-electron chi connectivity index (χ1n) is 6.63. The van der Waals surface area contributed by atoms with E-state index in [0.717, 1.165) is 39.5 Å². The Bertz CT molecular complexity index is 200. The van der Waals surface area contributed by atoms with Crippen LogP contribution in [0.5, 0.6) is 0 Å². The first-order chi connectivity index (χ1) is 8.17. The molecule has 1 N–H and O–H groups in total. The van der Waals surface area contributed by atoms with Gasteiger partial charge in [-0.2, -0.15) is 0 Å². The molecule has 1 fully saturated rings. The molecule has 1 heterocycles. The van der Waals surface area contributed by atoms with Crippen LogP contribution in [-0.2, 0) is 9.47 Å². The summed E-state index contributed by atoms with van der Waals surface area (Å²) in [4.78, 5) is 2.50. The summed E-state index contributed by atoms with van der Waals surface area (Å²) in [7, 11) is 3.79. The van der Waals surface area contributed by atoms with Gasteiger partial charge in [-0.3, -0.25) is 0 Å². The Labute approximate surface area is 106 Å². The molecule has 1 rings (SSSR count). The van der Waals surface area contributed by atoms with E-state index in [2.05, 4.69) is 24.1 Å². The largest absolute Gasteiger partial charge is 0.383 e. The molecule has 0 aromatic heterocycles. The zero-order chi connectivity index (χ0) is 12.7. The Kier molecular flexibility index (Phi) is 7.04. The predicted octanol–water partition coefficient (Wildman–Crippen LogP) is 0.825. The van der Waals surface area contributed by atoms with Crippen LogP contribution in [0.1, 0.15) is 13.8 Å². The van der Waals surface area contributed by atoms with E-state index < -0.39 is 0 Å². The van der Waals surface area contributed by atoms with Crippen molar-refractivity contribution in [1.82, 2.24) is 10.2 Å². The molecule has 102 valence electrons. The van der Waals surface area contributed by atoms with Crippen LogP contribution in [0.2, 0.25) is 0 Å². The molecule has 0 aromatic rings.